The van der Waals surface area contributed by atoms with E-state index in [2.05, 4.69) is 23.1 Å². The number of fused-ring (bicyclic) bond motifs is 1. The topological polar surface area (TPSA) is 38.5 Å². The Bertz CT molecular complexity index is 435. The zero-order chi connectivity index (χ0) is 13.2. The molecule has 2 N–H and O–H groups in total. The van der Waals surface area contributed by atoms with E-state index in [1.807, 2.05) is 13.0 Å². The Hall–Kier alpha value is -1.06. The predicted molar refractivity (Wildman–Crippen MR) is 77.1 cm³/mol. The fourth-order valence-electron chi connectivity index (χ4n) is 3.70. The van der Waals surface area contributed by atoms with Gasteiger partial charge in [-0.15, -0.1) is 0 Å². The SMILES string of the molecule is CCOc1ccccc1CN1CC2CCC(N)C2C1. The van der Waals surface area contributed by atoms with Gasteiger partial charge in [0.25, 0.3) is 0 Å². The average molecular weight is 260 g/mol. The number of nitrogens with zero attached hydrogens (tertiary/aromatic N) is 1. The molecule has 1 aromatic carbocycles. The monoisotopic (exact) mass is 260 g/mol. The van der Waals surface area contributed by atoms with Crippen molar-refractivity contribution in [3.05, 3.63) is 29.8 Å². The minimum atomic E-state index is 0.428. The summed E-state index contributed by atoms with van der Waals surface area (Å²) >= 11 is 0. The molecule has 3 heteroatoms. The quantitative estimate of drug-likeness (QED) is 0.902. The third-order valence-electron chi connectivity index (χ3n) is 4.65. The Labute approximate surface area is 115 Å². The highest BCUT2D eigenvalue weighted by molar-refractivity contribution is 5.33. The zero-order valence-corrected chi connectivity index (χ0v) is 11.7. The molecule has 1 saturated carbocycles. The Morgan fingerprint density at radius 3 is 2.89 bits per heavy atom. The van der Waals surface area contributed by atoms with Crippen LogP contribution in [0.3, 0.4) is 0 Å². The van der Waals surface area contributed by atoms with Crippen molar-refractivity contribution in [2.24, 2.45) is 17.6 Å². The minimum absolute atomic E-state index is 0.428. The van der Waals surface area contributed by atoms with E-state index in [1.165, 1.54) is 24.9 Å². The number of benzene rings is 1. The zero-order valence-electron chi connectivity index (χ0n) is 11.7. The van der Waals surface area contributed by atoms with Crippen LogP contribution in [0.15, 0.2) is 24.3 Å². The summed E-state index contributed by atoms with van der Waals surface area (Å²) in [6.45, 7) is 6.13. The van der Waals surface area contributed by atoms with E-state index in [9.17, 15) is 0 Å². The van der Waals surface area contributed by atoms with Crippen molar-refractivity contribution in [1.82, 2.24) is 4.90 Å². The highest BCUT2D eigenvalue weighted by Gasteiger charge is 2.40. The van der Waals surface area contributed by atoms with Gasteiger partial charge in [0, 0.05) is 31.2 Å². The fraction of sp³-hybridized carbons (Fsp3) is 0.625. The molecule has 104 valence electrons. The molecule has 3 rings (SSSR count). The van der Waals surface area contributed by atoms with Crippen LogP contribution < -0.4 is 10.5 Å². The number of likely N-dealkylation sites (tertiary alicyclic amines) is 1. The molecule has 1 aliphatic carbocycles. The average Bonchev–Trinajstić information content (AvgIpc) is 2.95. The van der Waals surface area contributed by atoms with Crippen LogP contribution in [0.4, 0.5) is 0 Å². The van der Waals surface area contributed by atoms with E-state index in [0.29, 0.717) is 6.04 Å². The summed E-state index contributed by atoms with van der Waals surface area (Å²) in [6, 6.07) is 8.82. The van der Waals surface area contributed by atoms with Crippen LogP contribution in [0, 0.1) is 11.8 Å². The van der Waals surface area contributed by atoms with Gasteiger partial charge >= 0.3 is 0 Å². The highest BCUT2D eigenvalue weighted by atomic mass is 16.5. The lowest BCUT2D eigenvalue weighted by atomic mass is 9.98. The molecule has 0 radical (unpaired) electrons. The van der Waals surface area contributed by atoms with Gasteiger partial charge in [-0.05, 0) is 37.7 Å². The number of hydrogen-bond donors (Lipinski definition) is 1. The van der Waals surface area contributed by atoms with Gasteiger partial charge in [0.1, 0.15) is 5.75 Å². The van der Waals surface area contributed by atoms with Gasteiger partial charge in [-0.2, -0.15) is 0 Å². The Kier molecular flexibility index (Phi) is 3.76. The second-order valence-electron chi connectivity index (χ2n) is 5.90. The van der Waals surface area contributed by atoms with Crippen LogP contribution in [-0.2, 0) is 6.54 Å². The summed E-state index contributed by atoms with van der Waals surface area (Å²) in [6.07, 6.45) is 2.54. The maximum Gasteiger partial charge on any atom is 0.123 e. The molecule has 2 fully saturated rings. The van der Waals surface area contributed by atoms with E-state index in [1.54, 1.807) is 0 Å². The van der Waals surface area contributed by atoms with Crippen molar-refractivity contribution in [1.29, 1.82) is 0 Å². The smallest absolute Gasteiger partial charge is 0.123 e. The first-order chi connectivity index (χ1) is 9.28. The Morgan fingerprint density at radius 2 is 2.11 bits per heavy atom. The molecular formula is C16H24N2O. The third-order valence-corrected chi connectivity index (χ3v) is 4.65. The van der Waals surface area contributed by atoms with Gasteiger partial charge in [0.15, 0.2) is 0 Å². The summed E-state index contributed by atoms with van der Waals surface area (Å²) in [7, 11) is 0. The first-order valence-electron chi connectivity index (χ1n) is 7.46. The number of rotatable bonds is 4. The first kappa shape index (κ1) is 12.9. The van der Waals surface area contributed by atoms with Crippen molar-refractivity contribution >= 4 is 0 Å². The molecule has 1 saturated heterocycles. The van der Waals surface area contributed by atoms with Crippen LogP contribution in [0.1, 0.15) is 25.3 Å². The molecule has 1 aliphatic heterocycles. The van der Waals surface area contributed by atoms with Gasteiger partial charge in [0.05, 0.1) is 6.61 Å². The van der Waals surface area contributed by atoms with Crippen LogP contribution in [0.2, 0.25) is 0 Å². The summed E-state index contributed by atoms with van der Waals surface area (Å²) in [4.78, 5) is 2.55. The summed E-state index contributed by atoms with van der Waals surface area (Å²) < 4.78 is 5.71. The molecule has 2 aliphatic rings. The van der Waals surface area contributed by atoms with E-state index in [0.717, 1.165) is 37.3 Å². The normalized spacial score (nSPS) is 30.5. The molecular weight excluding hydrogens is 236 g/mol. The molecule has 0 amide bonds. The Balaban J connectivity index is 1.66. The number of para-hydroxylation sites is 1. The maximum absolute atomic E-state index is 6.20. The Morgan fingerprint density at radius 1 is 1.26 bits per heavy atom. The number of hydrogen-bond acceptors (Lipinski definition) is 3. The van der Waals surface area contributed by atoms with Crippen LogP contribution in [0.25, 0.3) is 0 Å². The first-order valence-corrected chi connectivity index (χ1v) is 7.46. The molecule has 1 aromatic rings. The minimum Gasteiger partial charge on any atom is -0.494 e. The molecule has 0 spiro atoms. The molecule has 0 aromatic heterocycles. The fourth-order valence-corrected chi connectivity index (χ4v) is 3.70. The summed E-state index contributed by atoms with van der Waals surface area (Å²) in [5.74, 6) is 2.58. The van der Waals surface area contributed by atoms with E-state index in [-0.39, 0.29) is 0 Å². The van der Waals surface area contributed by atoms with Crippen LogP contribution in [0.5, 0.6) is 5.75 Å². The van der Waals surface area contributed by atoms with Gasteiger partial charge in [-0.25, -0.2) is 0 Å². The second-order valence-corrected chi connectivity index (χ2v) is 5.90. The van der Waals surface area contributed by atoms with Crippen molar-refractivity contribution in [3.63, 3.8) is 0 Å². The van der Waals surface area contributed by atoms with Crippen molar-refractivity contribution in [2.45, 2.75) is 32.4 Å². The standard InChI is InChI=1S/C16H24N2O/c1-2-19-16-6-4-3-5-13(16)10-18-9-12-7-8-15(17)14(12)11-18/h3-6,12,14-15H,2,7-11,17H2,1H3. The van der Waals surface area contributed by atoms with Crippen LogP contribution >= 0.6 is 0 Å². The molecule has 3 unspecified atom stereocenters. The molecule has 1 heterocycles. The van der Waals surface area contributed by atoms with Gasteiger partial charge in [-0.1, -0.05) is 18.2 Å². The third kappa shape index (κ3) is 2.63. The number of nitrogens with two attached hydrogens (primary N) is 1. The van der Waals surface area contributed by atoms with Crippen molar-refractivity contribution in [2.75, 3.05) is 19.7 Å². The predicted octanol–water partition coefficient (Wildman–Crippen LogP) is 2.25. The maximum atomic E-state index is 6.20. The lowest BCUT2D eigenvalue weighted by Gasteiger charge is -2.20. The van der Waals surface area contributed by atoms with Gasteiger partial charge < -0.3 is 10.5 Å². The molecule has 0 bridgehead atoms. The number of ether oxygens (including phenoxy) is 1. The lowest BCUT2D eigenvalue weighted by Crippen LogP contribution is -2.30. The highest BCUT2D eigenvalue weighted by Crippen LogP contribution is 2.38. The lowest BCUT2D eigenvalue weighted by molar-refractivity contribution is 0.284. The van der Waals surface area contributed by atoms with Gasteiger partial charge in [0.2, 0.25) is 0 Å². The van der Waals surface area contributed by atoms with Crippen molar-refractivity contribution < 1.29 is 4.74 Å². The summed E-state index contributed by atoms with van der Waals surface area (Å²) in [5.41, 5.74) is 7.51. The molecule has 3 atom stereocenters. The summed E-state index contributed by atoms with van der Waals surface area (Å²) in [5, 5.41) is 0. The van der Waals surface area contributed by atoms with E-state index >= 15 is 0 Å². The van der Waals surface area contributed by atoms with Crippen LogP contribution in [-0.4, -0.2) is 30.6 Å². The molecule has 3 nitrogen and oxygen atoms in total. The van der Waals surface area contributed by atoms with E-state index < -0.39 is 0 Å². The van der Waals surface area contributed by atoms with Crippen molar-refractivity contribution in [3.8, 4) is 5.75 Å². The van der Waals surface area contributed by atoms with E-state index in [4.69, 9.17) is 10.5 Å². The van der Waals surface area contributed by atoms with Gasteiger partial charge in [-0.3, -0.25) is 4.90 Å². The largest absolute Gasteiger partial charge is 0.494 e. The second kappa shape index (κ2) is 5.51. The molecule has 19 heavy (non-hydrogen) atoms.